The fraction of sp³-hybridized carbons (Fsp3) is 0.222. The van der Waals surface area contributed by atoms with Gasteiger partial charge in [-0.25, -0.2) is 8.78 Å². The Labute approximate surface area is 138 Å². The number of hydrogen-bond acceptors (Lipinski definition) is 3. The number of aryl methyl sites for hydroxylation is 2. The van der Waals surface area contributed by atoms with E-state index in [9.17, 15) is 18.4 Å². The molecular formula is C18H17F2NO3. The number of halogens is 2. The first-order valence-corrected chi connectivity index (χ1v) is 7.38. The van der Waals surface area contributed by atoms with Crippen molar-refractivity contribution < 1.29 is 23.1 Å². The minimum absolute atomic E-state index is 0.0145. The summed E-state index contributed by atoms with van der Waals surface area (Å²) in [6, 6.07) is 8.09. The zero-order valence-corrected chi connectivity index (χ0v) is 13.4. The van der Waals surface area contributed by atoms with E-state index in [0.717, 1.165) is 23.3 Å². The van der Waals surface area contributed by atoms with Crippen LogP contribution in [-0.4, -0.2) is 18.4 Å². The number of hydrogen-bond donors (Lipinski definition) is 1. The molecule has 0 saturated carbocycles. The Balaban J connectivity index is 1.85. The van der Waals surface area contributed by atoms with Crippen LogP contribution in [0.1, 0.15) is 27.9 Å². The zero-order chi connectivity index (χ0) is 17.7. The maximum absolute atomic E-state index is 13.5. The standard InChI is InChI=1S/C18H17F2NO3/c1-11-3-6-16(12(2)9-11)24-17(22)7-8-21-18(23)14-5-4-13(19)10-15(14)20/h3-6,9-10H,7-8H2,1-2H3,(H,21,23). The van der Waals surface area contributed by atoms with Crippen LogP contribution in [0.3, 0.4) is 0 Å². The molecule has 0 aromatic heterocycles. The van der Waals surface area contributed by atoms with Crippen LogP contribution in [-0.2, 0) is 4.79 Å². The Bertz CT molecular complexity index is 775. The van der Waals surface area contributed by atoms with E-state index < -0.39 is 23.5 Å². The normalized spacial score (nSPS) is 10.3. The quantitative estimate of drug-likeness (QED) is 0.675. The van der Waals surface area contributed by atoms with Gasteiger partial charge in [-0.05, 0) is 37.6 Å². The van der Waals surface area contributed by atoms with Gasteiger partial charge in [0.15, 0.2) is 0 Å². The smallest absolute Gasteiger partial charge is 0.312 e. The molecule has 126 valence electrons. The average molecular weight is 333 g/mol. The van der Waals surface area contributed by atoms with Gasteiger partial charge in [0.1, 0.15) is 17.4 Å². The molecule has 1 N–H and O–H groups in total. The minimum Gasteiger partial charge on any atom is -0.426 e. The highest BCUT2D eigenvalue weighted by atomic mass is 19.1. The molecule has 0 atom stereocenters. The summed E-state index contributed by atoms with van der Waals surface area (Å²) in [4.78, 5) is 23.6. The monoisotopic (exact) mass is 333 g/mol. The average Bonchev–Trinajstić information content (AvgIpc) is 2.50. The van der Waals surface area contributed by atoms with Crippen molar-refractivity contribution in [3.63, 3.8) is 0 Å². The SMILES string of the molecule is Cc1ccc(OC(=O)CCNC(=O)c2ccc(F)cc2F)c(C)c1. The summed E-state index contributed by atoms with van der Waals surface area (Å²) in [5.74, 6) is -2.48. The summed E-state index contributed by atoms with van der Waals surface area (Å²) in [5.41, 5.74) is 1.61. The van der Waals surface area contributed by atoms with Crippen molar-refractivity contribution >= 4 is 11.9 Å². The molecular weight excluding hydrogens is 316 g/mol. The Morgan fingerprint density at radius 3 is 2.50 bits per heavy atom. The van der Waals surface area contributed by atoms with Crippen molar-refractivity contribution in [1.29, 1.82) is 0 Å². The van der Waals surface area contributed by atoms with E-state index in [-0.39, 0.29) is 18.5 Å². The van der Waals surface area contributed by atoms with Crippen LogP contribution in [0.2, 0.25) is 0 Å². The van der Waals surface area contributed by atoms with Crippen molar-refractivity contribution in [3.05, 3.63) is 64.7 Å². The summed E-state index contributed by atoms with van der Waals surface area (Å²) >= 11 is 0. The molecule has 0 unspecified atom stereocenters. The minimum atomic E-state index is -0.953. The first-order chi connectivity index (χ1) is 11.4. The predicted octanol–water partition coefficient (Wildman–Crippen LogP) is 3.31. The van der Waals surface area contributed by atoms with E-state index in [4.69, 9.17) is 4.74 Å². The van der Waals surface area contributed by atoms with E-state index in [1.54, 1.807) is 6.07 Å². The highest BCUT2D eigenvalue weighted by Gasteiger charge is 2.13. The second-order valence-electron chi connectivity index (χ2n) is 5.37. The lowest BCUT2D eigenvalue weighted by Crippen LogP contribution is -2.28. The van der Waals surface area contributed by atoms with Gasteiger partial charge < -0.3 is 10.1 Å². The molecule has 1 amide bonds. The van der Waals surface area contributed by atoms with Gasteiger partial charge in [0, 0.05) is 12.6 Å². The molecule has 2 aromatic rings. The predicted molar refractivity (Wildman–Crippen MR) is 84.9 cm³/mol. The van der Waals surface area contributed by atoms with Crippen molar-refractivity contribution in [2.75, 3.05) is 6.54 Å². The molecule has 6 heteroatoms. The highest BCUT2D eigenvalue weighted by molar-refractivity contribution is 5.94. The zero-order valence-electron chi connectivity index (χ0n) is 13.4. The number of amides is 1. The first-order valence-electron chi connectivity index (χ1n) is 7.38. The molecule has 0 spiro atoms. The molecule has 0 saturated heterocycles. The Kier molecular flexibility index (Phi) is 5.63. The molecule has 24 heavy (non-hydrogen) atoms. The third-order valence-electron chi connectivity index (χ3n) is 3.34. The van der Waals surface area contributed by atoms with Gasteiger partial charge in [0.2, 0.25) is 0 Å². The van der Waals surface area contributed by atoms with Crippen LogP contribution in [0.25, 0.3) is 0 Å². The van der Waals surface area contributed by atoms with E-state index in [1.165, 1.54) is 0 Å². The van der Waals surface area contributed by atoms with E-state index in [1.807, 2.05) is 26.0 Å². The highest BCUT2D eigenvalue weighted by Crippen LogP contribution is 2.19. The molecule has 2 rings (SSSR count). The lowest BCUT2D eigenvalue weighted by molar-refractivity contribution is -0.134. The van der Waals surface area contributed by atoms with Crippen LogP contribution in [0.15, 0.2) is 36.4 Å². The maximum atomic E-state index is 13.5. The van der Waals surface area contributed by atoms with Crippen molar-refractivity contribution in [2.45, 2.75) is 20.3 Å². The number of nitrogens with one attached hydrogen (secondary N) is 1. The number of benzene rings is 2. The summed E-state index contributed by atoms with van der Waals surface area (Å²) < 4.78 is 31.5. The molecule has 4 nitrogen and oxygen atoms in total. The molecule has 0 radical (unpaired) electrons. The molecule has 0 heterocycles. The van der Waals surface area contributed by atoms with E-state index in [2.05, 4.69) is 5.32 Å². The largest absolute Gasteiger partial charge is 0.426 e. The van der Waals surface area contributed by atoms with Gasteiger partial charge in [-0.15, -0.1) is 0 Å². The Hall–Kier alpha value is -2.76. The molecule has 0 aliphatic rings. The molecule has 0 aliphatic heterocycles. The lowest BCUT2D eigenvalue weighted by Gasteiger charge is -2.09. The molecule has 0 fully saturated rings. The summed E-state index contributed by atoms with van der Waals surface area (Å²) in [6.07, 6.45) is -0.0676. The van der Waals surface area contributed by atoms with Crippen LogP contribution in [0, 0.1) is 25.5 Å². The maximum Gasteiger partial charge on any atom is 0.312 e. The van der Waals surface area contributed by atoms with Gasteiger partial charge in [0.25, 0.3) is 5.91 Å². The summed E-state index contributed by atoms with van der Waals surface area (Å²) in [5, 5.41) is 2.40. The Morgan fingerprint density at radius 1 is 1.08 bits per heavy atom. The van der Waals surface area contributed by atoms with Crippen LogP contribution < -0.4 is 10.1 Å². The molecule has 2 aromatic carbocycles. The number of esters is 1. The number of rotatable bonds is 5. The second-order valence-corrected chi connectivity index (χ2v) is 5.37. The van der Waals surface area contributed by atoms with E-state index >= 15 is 0 Å². The van der Waals surface area contributed by atoms with Crippen LogP contribution in [0.4, 0.5) is 8.78 Å². The van der Waals surface area contributed by atoms with Crippen molar-refractivity contribution in [2.24, 2.45) is 0 Å². The van der Waals surface area contributed by atoms with Crippen molar-refractivity contribution in [3.8, 4) is 5.75 Å². The third kappa shape index (κ3) is 4.62. The van der Waals surface area contributed by atoms with Crippen LogP contribution >= 0.6 is 0 Å². The van der Waals surface area contributed by atoms with E-state index in [0.29, 0.717) is 11.8 Å². The number of carbonyl (C=O) groups excluding carboxylic acids is 2. The van der Waals surface area contributed by atoms with Gasteiger partial charge >= 0.3 is 5.97 Å². The fourth-order valence-electron chi connectivity index (χ4n) is 2.13. The second kappa shape index (κ2) is 7.68. The molecule has 0 aliphatic carbocycles. The fourth-order valence-corrected chi connectivity index (χ4v) is 2.13. The number of ether oxygens (including phenoxy) is 1. The topological polar surface area (TPSA) is 55.4 Å². The summed E-state index contributed by atoms with van der Waals surface area (Å²) in [7, 11) is 0. The van der Waals surface area contributed by atoms with Crippen molar-refractivity contribution in [1.82, 2.24) is 5.32 Å². The lowest BCUT2D eigenvalue weighted by atomic mass is 10.1. The molecule has 0 bridgehead atoms. The Morgan fingerprint density at radius 2 is 1.83 bits per heavy atom. The van der Waals surface area contributed by atoms with Gasteiger partial charge in [-0.3, -0.25) is 9.59 Å². The first kappa shape index (κ1) is 17.6. The van der Waals surface area contributed by atoms with Crippen LogP contribution in [0.5, 0.6) is 5.75 Å². The van der Waals surface area contributed by atoms with Gasteiger partial charge in [-0.2, -0.15) is 0 Å². The van der Waals surface area contributed by atoms with Gasteiger partial charge in [-0.1, -0.05) is 17.7 Å². The number of carbonyl (C=O) groups is 2. The van der Waals surface area contributed by atoms with Gasteiger partial charge in [0.05, 0.1) is 12.0 Å². The summed E-state index contributed by atoms with van der Waals surface area (Å²) in [6.45, 7) is 3.75. The third-order valence-corrected chi connectivity index (χ3v) is 3.34.